The second kappa shape index (κ2) is 5.84. The van der Waals surface area contributed by atoms with Crippen LogP contribution in [0.2, 0.25) is 0 Å². The maximum absolute atomic E-state index is 3.73. The molecule has 0 N–H and O–H groups in total. The number of thiophene rings is 2. The Morgan fingerprint density at radius 3 is 1.44 bits per heavy atom. The first-order valence-corrected chi connectivity index (χ1v) is 9.74. The number of halogens is 5. The third kappa shape index (κ3) is 3.03. The van der Waals surface area contributed by atoms with E-state index in [2.05, 4.69) is 91.8 Å². The van der Waals surface area contributed by atoms with E-state index in [0.29, 0.717) is 0 Å². The second-order valence-corrected chi connectivity index (χ2v) is 11.3. The Bertz CT molecular complexity index is 470. The maximum atomic E-state index is 3.73. The van der Waals surface area contributed by atoms with E-state index >= 15 is 0 Å². The zero-order chi connectivity index (χ0) is 11.9. The first-order chi connectivity index (χ1) is 7.49. The van der Waals surface area contributed by atoms with Crippen molar-refractivity contribution in [3.63, 3.8) is 0 Å². The van der Waals surface area contributed by atoms with Crippen molar-refractivity contribution in [1.29, 1.82) is 0 Å². The van der Waals surface area contributed by atoms with E-state index in [9.17, 15) is 0 Å². The van der Waals surface area contributed by atoms with Crippen molar-refractivity contribution < 1.29 is 0 Å². The van der Waals surface area contributed by atoms with Crippen LogP contribution in [0.5, 0.6) is 0 Å². The monoisotopic (exact) mass is 570 g/mol. The summed E-state index contributed by atoms with van der Waals surface area (Å²) < 4.78 is 4.56. The van der Waals surface area contributed by atoms with Gasteiger partial charge < -0.3 is 0 Å². The van der Waals surface area contributed by atoms with E-state index in [-0.39, 0.29) is 4.83 Å². The fraction of sp³-hybridized carbons (Fsp3) is 0.111. The van der Waals surface area contributed by atoms with Crippen LogP contribution in [-0.2, 0) is 0 Å². The molecular formula is C9H3Br5S2. The Morgan fingerprint density at radius 2 is 1.19 bits per heavy atom. The van der Waals surface area contributed by atoms with E-state index < -0.39 is 0 Å². The standard InChI is InChI=1S/C9H3Br5S2/c10-5-1-3(8(13)15-5)7(12)4-2-6(11)16-9(4)14/h1-2,7H. The molecule has 0 fully saturated rings. The summed E-state index contributed by atoms with van der Waals surface area (Å²) in [7, 11) is 0. The van der Waals surface area contributed by atoms with Gasteiger partial charge in [0.2, 0.25) is 0 Å². The van der Waals surface area contributed by atoms with Gasteiger partial charge in [-0.05, 0) is 87.0 Å². The van der Waals surface area contributed by atoms with Crippen LogP contribution in [0.15, 0.2) is 27.3 Å². The Hall–Kier alpha value is 1.80. The summed E-state index contributed by atoms with van der Waals surface area (Å²) in [4.78, 5) is 0.196. The zero-order valence-corrected chi connectivity index (χ0v) is 17.0. The normalized spacial score (nSPS) is 11.4. The molecule has 0 spiro atoms. The Balaban J connectivity index is 2.42. The van der Waals surface area contributed by atoms with E-state index in [1.54, 1.807) is 22.7 Å². The molecule has 16 heavy (non-hydrogen) atoms. The molecule has 2 aromatic rings. The summed E-state index contributed by atoms with van der Waals surface area (Å²) in [5.41, 5.74) is 2.48. The predicted molar refractivity (Wildman–Crippen MR) is 90.2 cm³/mol. The minimum Gasteiger partial charge on any atom is -0.121 e. The van der Waals surface area contributed by atoms with Gasteiger partial charge in [0.05, 0.1) is 20.0 Å². The highest BCUT2D eigenvalue weighted by molar-refractivity contribution is 9.12. The molecule has 2 rings (SSSR count). The van der Waals surface area contributed by atoms with Crippen LogP contribution in [-0.4, -0.2) is 0 Å². The highest BCUT2D eigenvalue weighted by Gasteiger charge is 2.20. The van der Waals surface area contributed by atoms with Gasteiger partial charge in [0.15, 0.2) is 0 Å². The third-order valence-corrected chi connectivity index (χ3v) is 7.67. The van der Waals surface area contributed by atoms with Crippen molar-refractivity contribution in [2.75, 3.05) is 0 Å². The van der Waals surface area contributed by atoms with Gasteiger partial charge in [0, 0.05) is 0 Å². The molecule has 0 radical (unpaired) electrons. The Morgan fingerprint density at radius 1 is 0.812 bits per heavy atom. The van der Waals surface area contributed by atoms with Gasteiger partial charge in [-0.15, -0.1) is 22.7 Å². The molecule has 0 aliphatic carbocycles. The molecule has 7 heteroatoms. The highest BCUT2D eigenvalue weighted by Crippen LogP contribution is 2.46. The highest BCUT2D eigenvalue weighted by atomic mass is 79.9. The van der Waals surface area contributed by atoms with Crippen LogP contribution in [0.4, 0.5) is 0 Å². The zero-order valence-electron chi connectivity index (χ0n) is 7.44. The van der Waals surface area contributed by atoms with E-state index in [0.717, 1.165) is 15.1 Å². The van der Waals surface area contributed by atoms with Gasteiger partial charge >= 0.3 is 0 Å². The number of alkyl halides is 1. The average molecular weight is 575 g/mol. The minimum atomic E-state index is 0.196. The molecule has 86 valence electrons. The summed E-state index contributed by atoms with van der Waals surface area (Å²) in [6.07, 6.45) is 0. The fourth-order valence-electron chi connectivity index (χ4n) is 1.22. The Kier molecular flexibility index (Phi) is 5.19. The quantitative estimate of drug-likeness (QED) is 0.329. The van der Waals surface area contributed by atoms with Crippen molar-refractivity contribution in [2.45, 2.75) is 4.83 Å². The van der Waals surface area contributed by atoms with Crippen molar-refractivity contribution in [3.8, 4) is 0 Å². The summed E-state index contributed by atoms with van der Waals surface area (Å²) in [5, 5.41) is 0. The first kappa shape index (κ1) is 14.2. The fourth-order valence-corrected chi connectivity index (χ4v) is 8.66. The summed E-state index contributed by atoms with van der Waals surface area (Å²) >= 11 is 21.3. The van der Waals surface area contributed by atoms with Crippen LogP contribution < -0.4 is 0 Å². The van der Waals surface area contributed by atoms with Gasteiger partial charge in [-0.1, -0.05) is 15.9 Å². The first-order valence-electron chi connectivity index (χ1n) is 4.02. The summed E-state index contributed by atoms with van der Waals surface area (Å²) in [6.45, 7) is 0. The minimum absolute atomic E-state index is 0.196. The van der Waals surface area contributed by atoms with E-state index in [1.165, 1.54) is 11.1 Å². The van der Waals surface area contributed by atoms with Crippen molar-refractivity contribution >= 4 is 102 Å². The van der Waals surface area contributed by atoms with Gasteiger partial charge in [-0.25, -0.2) is 0 Å². The van der Waals surface area contributed by atoms with Crippen LogP contribution in [0.1, 0.15) is 16.0 Å². The summed E-state index contributed by atoms with van der Waals surface area (Å²) in [6, 6.07) is 4.26. The molecule has 0 atom stereocenters. The van der Waals surface area contributed by atoms with Gasteiger partial charge in [-0.3, -0.25) is 0 Å². The van der Waals surface area contributed by atoms with Crippen molar-refractivity contribution in [3.05, 3.63) is 38.4 Å². The SMILES string of the molecule is Brc1cc(C(Br)c2cc(Br)sc2Br)c(Br)s1. The van der Waals surface area contributed by atoms with Crippen LogP contribution in [0, 0.1) is 0 Å². The lowest BCUT2D eigenvalue weighted by atomic mass is 10.1. The Labute approximate surface area is 143 Å². The van der Waals surface area contributed by atoms with Crippen molar-refractivity contribution in [2.24, 2.45) is 0 Å². The lowest BCUT2D eigenvalue weighted by molar-refractivity contribution is 1.19. The molecule has 0 aliphatic heterocycles. The van der Waals surface area contributed by atoms with Gasteiger partial charge in [0.1, 0.15) is 0 Å². The molecule has 0 aromatic carbocycles. The van der Waals surface area contributed by atoms with Gasteiger partial charge in [0.25, 0.3) is 0 Å². The van der Waals surface area contributed by atoms with Crippen LogP contribution in [0.3, 0.4) is 0 Å². The molecule has 2 aromatic heterocycles. The predicted octanol–water partition coefficient (Wildman–Crippen LogP) is 7.34. The van der Waals surface area contributed by atoms with Gasteiger partial charge in [-0.2, -0.15) is 0 Å². The third-order valence-electron chi connectivity index (χ3n) is 1.91. The molecule has 0 saturated carbocycles. The topological polar surface area (TPSA) is 0 Å². The number of rotatable bonds is 2. The molecule has 0 unspecified atom stereocenters. The number of hydrogen-bond donors (Lipinski definition) is 0. The smallest absolute Gasteiger partial charge is 0.0757 e. The molecular weight excluding hydrogens is 572 g/mol. The molecule has 0 bridgehead atoms. The molecule has 2 heterocycles. The van der Waals surface area contributed by atoms with Crippen LogP contribution in [0.25, 0.3) is 0 Å². The lowest BCUT2D eigenvalue weighted by Crippen LogP contribution is -1.89. The summed E-state index contributed by atoms with van der Waals surface area (Å²) in [5.74, 6) is 0. The second-order valence-electron chi connectivity index (χ2n) is 2.92. The average Bonchev–Trinajstić information content (AvgIpc) is 2.68. The molecule has 0 saturated heterocycles. The largest absolute Gasteiger partial charge is 0.121 e. The van der Waals surface area contributed by atoms with Crippen molar-refractivity contribution in [1.82, 2.24) is 0 Å². The van der Waals surface area contributed by atoms with E-state index in [1.807, 2.05) is 0 Å². The maximum Gasteiger partial charge on any atom is 0.0757 e. The van der Waals surface area contributed by atoms with E-state index in [4.69, 9.17) is 0 Å². The number of hydrogen-bond acceptors (Lipinski definition) is 2. The van der Waals surface area contributed by atoms with Crippen LogP contribution >= 0.6 is 102 Å². The molecule has 0 nitrogen and oxygen atoms in total. The molecule has 0 aliphatic rings. The molecule has 0 amide bonds. The lowest BCUT2D eigenvalue weighted by Gasteiger charge is -2.07.